The molecule has 0 aliphatic heterocycles. The molecule has 104 valence electrons. The fourth-order valence-corrected chi connectivity index (χ4v) is 2.06. The third kappa shape index (κ3) is 3.79. The van der Waals surface area contributed by atoms with Crippen LogP contribution in [0.1, 0.15) is 5.56 Å². The topological polar surface area (TPSA) is 41.1 Å². The molecule has 3 nitrogen and oxygen atoms in total. The first-order valence-corrected chi connectivity index (χ1v) is 6.88. The summed E-state index contributed by atoms with van der Waals surface area (Å²) in [4.78, 5) is 11.9. The minimum absolute atomic E-state index is 0.373. The van der Waals surface area contributed by atoms with Gasteiger partial charge in [0.25, 0.3) is 0 Å². The molecular weight excluding hydrogens is 319 g/mol. The lowest BCUT2D eigenvalue weighted by molar-refractivity contribution is 0.262. The van der Waals surface area contributed by atoms with Crippen LogP contribution < -0.4 is 10.6 Å². The molecule has 0 bridgehead atoms. The van der Waals surface area contributed by atoms with Crippen molar-refractivity contribution in [2.24, 2.45) is 0 Å². The number of hydrogen-bond acceptors (Lipinski definition) is 1. The molecule has 2 N–H and O–H groups in total. The zero-order valence-corrected chi connectivity index (χ0v) is 12.8. The van der Waals surface area contributed by atoms with Crippen molar-refractivity contribution in [2.75, 3.05) is 10.6 Å². The Bertz CT molecular complexity index is 659. The van der Waals surface area contributed by atoms with Gasteiger partial charge in [-0.15, -0.1) is 0 Å². The molecule has 6 heteroatoms. The average molecular weight is 330 g/mol. The first kappa shape index (κ1) is 15.0. The van der Waals surface area contributed by atoms with Gasteiger partial charge in [0.1, 0.15) is 0 Å². The number of aryl methyl sites for hydroxylation is 1. The molecule has 0 unspecified atom stereocenters. The quantitative estimate of drug-likeness (QED) is 0.740. The molecule has 2 amide bonds. The first-order chi connectivity index (χ1) is 9.45. The number of hydrogen-bond donors (Lipinski definition) is 2. The molecule has 0 aromatic heterocycles. The Hall–Kier alpha value is -1.42. The lowest BCUT2D eigenvalue weighted by atomic mass is 10.2. The fraction of sp³-hybridized carbons (Fsp3) is 0.0714. The van der Waals surface area contributed by atoms with Crippen molar-refractivity contribution in [3.05, 3.63) is 57.0 Å². The molecular formula is C14H11Cl3N2O. The number of carbonyl (C=O) groups excluding carboxylic acids is 1. The van der Waals surface area contributed by atoms with Crippen LogP contribution in [-0.2, 0) is 0 Å². The maximum Gasteiger partial charge on any atom is 0.323 e. The molecule has 0 radical (unpaired) electrons. The third-order valence-corrected chi connectivity index (χ3v) is 3.62. The van der Waals surface area contributed by atoms with Gasteiger partial charge in [0.2, 0.25) is 0 Å². The van der Waals surface area contributed by atoms with E-state index in [9.17, 15) is 4.79 Å². The van der Waals surface area contributed by atoms with Crippen LogP contribution in [0.3, 0.4) is 0 Å². The molecule has 0 aliphatic carbocycles. The van der Waals surface area contributed by atoms with Crippen LogP contribution >= 0.6 is 34.8 Å². The van der Waals surface area contributed by atoms with Crippen LogP contribution in [-0.4, -0.2) is 6.03 Å². The Kier molecular flexibility index (Phi) is 4.76. The maximum atomic E-state index is 11.9. The number of halogens is 3. The van der Waals surface area contributed by atoms with E-state index in [0.29, 0.717) is 26.4 Å². The molecule has 2 aromatic carbocycles. The molecule has 2 aromatic rings. The summed E-state index contributed by atoms with van der Waals surface area (Å²) in [6.45, 7) is 1.92. The summed E-state index contributed by atoms with van der Waals surface area (Å²) in [5, 5.41) is 6.60. The van der Waals surface area contributed by atoms with Crippen LogP contribution in [0.2, 0.25) is 15.1 Å². The van der Waals surface area contributed by atoms with Gasteiger partial charge in [0.15, 0.2) is 0 Å². The molecule has 0 spiro atoms. The van der Waals surface area contributed by atoms with Crippen molar-refractivity contribution in [1.82, 2.24) is 0 Å². The van der Waals surface area contributed by atoms with E-state index in [4.69, 9.17) is 34.8 Å². The SMILES string of the molecule is Cc1ccc(Cl)c(NC(=O)Nc2ccc(Cl)c(Cl)c2)c1. The number of carbonyl (C=O) groups is 1. The van der Waals surface area contributed by atoms with E-state index in [-0.39, 0.29) is 0 Å². The molecule has 0 heterocycles. The highest BCUT2D eigenvalue weighted by Gasteiger charge is 2.07. The Morgan fingerprint density at radius 3 is 2.30 bits per heavy atom. The van der Waals surface area contributed by atoms with Crippen LogP contribution in [0.15, 0.2) is 36.4 Å². The number of benzene rings is 2. The highest BCUT2D eigenvalue weighted by molar-refractivity contribution is 6.42. The second-order valence-electron chi connectivity index (χ2n) is 4.19. The smallest absolute Gasteiger partial charge is 0.308 e. The van der Waals surface area contributed by atoms with E-state index in [0.717, 1.165) is 5.56 Å². The largest absolute Gasteiger partial charge is 0.323 e. The molecule has 0 saturated heterocycles. The number of amides is 2. The second-order valence-corrected chi connectivity index (χ2v) is 5.41. The van der Waals surface area contributed by atoms with Crippen LogP contribution in [0, 0.1) is 6.92 Å². The van der Waals surface area contributed by atoms with Crippen molar-refractivity contribution in [1.29, 1.82) is 0 Å². The van der Waals surface area contributed by atoms with Gasteiger partial charge in [-0.3, -0.25) is 0 Å². The fourth-order valence-electron chi connectivity index (χ4n) is 1.59. The van der Waals surface area contributed by atoms with Crippen molar-refractivity contribution in [3.63, 3.8) is 0 Å². The lowest BCUT2D eigenvalue weighted by Gasteiger charge is -2.10. The van der Waals surface area contributed by atoms with Crippen molar-refractivity contribution < 1.29 is 4.79 Å². The van der Waals surface area contributed by atoms with Crippen molar-refractivity contribution in [2.45, 2.75) is 6.92 Å². The van der Waals surface area contributed by atoms with Gasteiger partial charge in [0.05, 0.1) is 20.8 Å². The standard InChI is InChI=1S/C14H11Cl3N2O/c1-8-2-4-11(16)13(6-8)19-14(20)18-9-3-5-10(15)12(17)7-9/h2-7H,1H3,(H2,18,19,20). The van der Waals surface area contributed by atoms with E-state index in [1.54, 1.807) is 30.3 Å². The monoisotopic (exact) mass is 328 g/mol. The maximum absolute atomic E-state index is 11.9. The van der Waals surface area contributed by atoms with Crippen molar-refractivity contribution >= 4 is 52.2 Å². The number of urea groups is 1. The van der Waals surface area contributed by atoms with Crippen molar-refractivity contribution in [3.8, 4) is 0 Å². The summed E-state index contributed by atoms with van der Waals surface area (Å²) in [7, 11) is 0. The number of nitrogens with one attached hydrogen (secondary N) is 2. The summed E-state index contributed by atoms with van der Waals surface area (Å²) >= 11 is 17.7. The second kappa shape index (κ2) is 6.35. The van der Waals surface area contributed by atoms with E-state index in [1.165, 1.54) is 0 Å². The minimum Gasteiger partial charge on any atom is -0.308 e. The Labute approximate surface area is 131 Å². The molecule has 0 atom stereocenters. The predicted octanol–water partition coefficient (Wildman–Crippen LogP) is 5.60. The Morgan fingerprint density at radius 2 is 1.60 bits per heavy atom. The normalized spacial score (nSPS) is 10.2. The molecule has 2 rings (SSSR count). The summed E-state index contributed by atoms with van der Waals surface area (Å²) < 4.78 is 0. The highest BCUT2D eigenvalue weighted by Crippen LogP contribution is 2.26. The van der Waals surface area contributed by atoms with Gasteiger partial charge >= 0.3 is 6.03 Å². The van der Waals surface area contributed by atoms with E-state index >= 15 is 0 Å². The van der Waals surface area contributed by atoms with Gasteiger partial charge < -0.3 is 10.6 Å². The average Bonchev–Trinajstić information content (AvgIpc) is 2.38. The van der Waals surface area contributed by atoms with Crippen LogP contribution in [0.25, 0.3) is 0 Å². The lowest BCUT2D eigenvalue weighted by Crippen LogP contribution is -2.19. The zero-order valence-electron chi connectivity index (χ0n) is 10.5. The highest BCUT2D eigenvalue weighted by atomic mass is 35.5. The summed E-state index contributed by atoms with van der Waals surface area (Å²) in [5.74, 6) is 0. The third-order valence-electron chi connectivity index (χ3n) is 2.55. The van der Waals surface area contributed by atoms with Gasteiger partial charge in [-0.2, -0.15) is 0 Å². The van der Waals surface area contributed by atoms with E-state index in [2.05, 4.69) is 10.6 Å². The molecule has 0 aliphatic rings. The minimum atomic E-state index is -0.407. The summed E-state index contributed by atoms with van der Waals surface area (Å²) in [6.07, 6.45) is 0. The molecule has 0 saturated carbocycles. The summed E-state index contributed by atoms with van der Waals surface area (Å²) in [5.41, 5.74) is 2.09. The molecule has 0 fully saturated rings. The first-order valence-electron chi connectivity index (χ1n) is 5.75. The molecule has 20 heavy (non-hydrogen) atoms. The van der Waals surface area contributed by atoms with E-state index in [1.807, 2.05) is 13.0 Å². The van der Waals surface area contributed by atoms with E-state index < -0.39 is 6.03 Å². The number of anilines is 2. The van der Waals surface area contributed by atoms with Gasteiger partial charge in [-0.1, -0.05) is 40.9 Å². The Balaban J connectivity index is 2.09. The zero-order chi connectivity index (χ0) is 14.7. The van der Waals surface area contributed by atoms with Crippen LogP contribution in [0.4, 0.5) is 16.2 Å². The summed E-state index contributed by atoms with van der Waals surface area (Å²) in [6, 6.07) is 9.81. The predicted molar refractivity (Wildman–Crippen MR) is 85.3 cm³/mol. The van der Waals surface area contributed by atoms with Gasteiger partial charge in [-0.25, -0.2) is 4.79 Å². The van der Waals surface area contributed by atoms with Gasteiger partial charge in [-0.05, 0) is 42.8 Å². The Morgan fingerprint density at radius 1 is 0.900 bits per heavy atom. The van der Waals surface area contributed by atoms with Crippen LogP contribution in [0.5, 0.6) is 0 Å². The number of rotatable bonds is 2. The van der Waals surface area contributed by atoms with Gasteiger partial charge in [0, 0.05) is 5.69 Å².